The van der Waals surface area contributed by atoms with E-state index in [1.807, 2.05) is 18.2 Å². The van der Waals surface area contributed by atoms with Gasteiger partial charge in [-0.15, -0.1) is 0 Å². The van der Waals surface area contributed by atoms with Crippen LogP contribution in [0.15, 0.2) is 22.7 Å². The molecular formula is C17H27BrClN. The summed E-state index contributed by atoms with van der Waals surface area (Å²) in [5, 5.41) is 0.770. The van der Waals surface area contributed by atoms with Crippen molar-refractivity contribution in [1.82, 2.24) is 0 Å². The molecule has 20 heavy (non-hydrogen) atoms. The quantitative estimate of drug-likeness (QED) is 0.465. The highest BCUT2D eigenvalue weighted by atomic mass is 79.9. The topological polar surface area (TPSA) is 26.0 Å². The van der Waals surface area contributed by atoms with Crippen molar-refractivity contribution in [3.8, 4) is 0 Å². The van der Waals surface area contributed by atoms with E-state index in [2.05, 4.69) is 22.9 Å². The summed E-state index contributed by atoms with van der Waals surface area (Å²) in [4.78, 5) is 0. The Labute approximate surface area is 137 Å². The summed E-state index contributed by atoms with van der Waals surface area (Å²) in [5.41, 5.74) is 7.29. The molecule has 2 N–H and O–H groups in total. The van der Waals surface area contributed by atoms with Crippen molar-refractivity contribution in [2.75, 3.05) is 0 Å². The minimum atomic E-state index is 0.0655. The minimum absolute atomic E-state index is 0.0655. The van der Waals surface area contributed by atoms with E-state index in [-0.39, 0.29) is 6.04 Å². The molecule has 0 spiro atoms. The van der Waals surface area contributed by atoms with E-state index >= 15 is 0 Å². The Hall–Kier alpha value is -0.0500. The van der Waals surface area contributed by atoms with Crippen LogP contribution in [0.25, 0.3) is 0 Å². The molecule has 0 aliphatic carbocycles. The molecule has 0 aliphatic heterocycles. The summed E-state index contributed by atoms with van der Waals surface area (Å²) >= 11 is 9.64. The van der Waals surface area contributed by atoms with Gasteiger partial charge in [-0.25, -0.2) is 0 Å². The van der Waals surface area contributed by atoms with Crippen molar-refractivity contribution in [2.24, 2.45) is 5.73 Å². The minimum Gasteiger partial charge on any atom is -0.324 e. The zero-order valence-corrected chi connectivity index (χ0v) is 14.8. The summed E-state index contributed by atoms with van der Waals surface area (Å²) < 4.78 is 1.01. The predicted molar refractivity (Wildman–Crippen MR) is 93.3 cm³/mol. The van der Waals surface area contributed by atoms with E-state index in [9.17, 15) is 0 Å². The average Bonchev–Trinajstić information content (AvgIpc) is 2.41. The largest absolute Gasteiger partial charge is 0.324 e. The lowest BCUT2D eigenvalue weighted by Crippen LogP contribution is -2.10. The van der Waals surface area contributed by atoms with Gasteiger partial charge in [0.25, 0.3) is 0 Å². The van der Waals surface area contributed by atoms with Gasteiger partial charge in [-0.2, -0.15) is 0 Å². The van der Waals surface area contributed by atoms with Crippen LogP contribution in [0.2, 0.25) is 5.02 Å². The highest BCUT2D eigenvalue weighted by Gasteiger charge is 2.10. The van der Waals surface area contributed by atoms with Gasteiger partial charge in [0.15, 0.2) is 0 Å². The highest BCUT2D eigenvalue weighted by Crippen LogP contribution is 2.28. The number of benzene rings is 1. The maximum Gasteiger partial charge on any atom is 0.0464 e. The molecule has 0 aliphatic rings. The first-order valence-corrected chi connectivity index (χ1v) is 9.02. The van der Waals surface area contributed by atoms with Gasteiger partial charge in [-0.1, -0.05) is 91.9 Å². The van der Waals surface area contributed by atoms with Crippen molar-refractivity contribution in [1.29, 1.82) is 0 Å². The third kappa shape index (κ3) is 7.10. The maximum absolute atomic E-state index is 6.23. The predicted octanol–water partition coefficient (Wildman–Crippen LogP) is 6.63. The van der Waals surface area contributed by atoms with Crippen LogP contribution in [0.3, 0.4) is 0 Å². The van der Waals surface area contributed by atoms with Crippen LogP contribution in [-0.4, -0.2) is 0 Å². The normalized spacial score (nSPS) is 12.6. The van der Waals surface area contributed by atoms with Gasteiger partial charge in [-0.05, 0) is 24.1 Å². The van der Waals surface area contributed by atoms with Gasteiger partial charge in [0.1, 0.15) is 0 Å². The fourth-order valence-electron chi connectivity index (χ4n) is 2.46. The van der Waals surface area contributed by atoms with E-state index in [1.165, 1.54) is 51.4 Å². The number of rotatable bonds is 10. The number of hydrogen-bond acceptors (Lipinski definition) is 1. The molecule has 0 amide bonds. The number of nitrogens with two attached hydrogens (primary N) is 1. The van der Waals surface area contributed by atoms with Crippen LogP contribution in [0, 0.1) is 0 Å². The Morgan fingerprint density at radius 2 is 1.65 bits per heavy atom. The Balaban J connectivity index is 2.15. The van der Waals surface area contributed by atoms with Crippen molar-refractivity contribution in [3.63, 3.8) is 0 Å². The zero-order valence-electron chi connectivity index (χ0n) is 12.5. The summed E-state index contributed by atoms with van der Waals surface area (Å²) in [6, 6.07) is 6.02. The van der Waals surface area contributed by atoms with E-state index in [0.29, 0.717) is 0 Å². The Bertz CT molecular complexity index is 381. The molecule has 0 aromatic heterocycles. The monoisotopic (exact) mass is 359 g/mol. The van der Waals surface area contributed by atoms with Crippen LogP contribution >= 0.6 is 27.5 Å². The van der Waals surface area contributed by atoms with Gasteiger partial charge in [-0.3, -0.25) is 0 Å². The van der Waals surface area contributed by atoms with E-state index in [0.717, 1.165) is 21.5 Å². The van der Waals surface area contributed by atoms with Crippen molar-refractivity contribution in [2.45, 2.75) is 70.8 Å². The molecule has 1 aromatic rings. The molecule has 1 aromatic carbocycles. The third-order valence-corrected chi connectivity index (χ3v) is 4.55. The molecule has 0 bridgehead atoms. The van der Waals surface area contributed by atoms with Crippen LogP contribution < -0.4 is 5.73 Å². The first-order chi connectivity index (χ1) is 9.65. The molecule has 1 atom stereocenters. The molecule has 3 heteroatoms. The van der Waals surface area contributed by atoms with E-state index in [4.69, 9.17) is 17.3 Å². The fourth-order valence-corrected chi connectivity index (χ4v) is 3.27. The molecule has 0 saturated carbocycles. The number of halogens is 2. The smallest absolute Gasteiger partial charge is 0.0464 e. The van der Waals surface area contributed by atoms with Crippen molar-refractivity contribution in [3.05, 3.63) is 33.3 Å². The molecule has 114 valence electrons. The Morgan fingerprint density at radius 3 is 2.25 bits per heavy atom. The third-order valence-electron chi connectivity index (χ3n) is 3.73. The molecule has 0 fully saturated rings. The summed E-state index contributed by atoms with van der Waals surface area (Å²) in [5.74, 6) is 0. The highest BCUT2D eigenvalue weighted by molar-refractivity contribution is 9.10. The molecule has 0 heterocycles. The van der Waals surface area contributed by atoms with Gasteiger partial charge >= 0.3 is 0 Å². The zero-order chi connectivity index (χ0) is 14.8. The maximum atomic E-state index is 6.23. The lowest BCUT2D eigenvalue weighted by molar-refractivity contribution is 0.536. The molecule has 1 unspecified atom stereocenters. The summed E-state index contributed by atoms with van der Waals surface area (Å²) in [6.45, 7) is 2.26. The van der Waals surface area contributed by atoms with E-state index in [1.54, 1.807) is 0 Å². The van der Waals surface area contributed by atoms with Crippen LogP contribution in [0.5, 0.6) is 0 Å². The molecule has 1 rings (SSSR count). The standard InChI is InChI=1S/C17H27BrClN/c1-2-3-4-5-6-7-8-9-10-17(20)15-12-11-14(18)13-16(15)19/h11-13,17H,2-10,20H2,1H3. The average molecular weight is 361 g/mol. The summed E-state index contributed by atoms with van der Waals surface area (Å²) in [7, 11) is 0. The fraction of sp³-hybridized carbons (Fsp3) is 0.647. The van der Waals surface area contributed by atoms with E-state index < -0.39 is 0 Å². The number of hydrogen-bond donors (Lipinski definition) is 1. The molecule has 0 radical (unpaired) electrons. The molecule has 1 nitrogen and oxygen atoms in total. The van der Waals surface area contributed by atoms with Gasteiger partial charge in [0.05, 0.1) is 0 Å². The second-order valence-electron chi connectivity index (χ2n) is 5.54. The lowest BCUT2D eigenvalue weighted by atomic mass is 10.00. The SMILES string of the molecule is CCCCCCCCCCC(N)c1ccc(Br)cc1Cl. The first kappa shape index (κ1) is 18.0. The molecule has 0 saturated heterocycles. The van der Waals surface area contributed by atoms with Gasteiger partial charge in [0, 0.05) is 15.5 Å². The lowest BCUT2D eigenvalue weighted by Gasteiger charge is -2.14. The number of unbranched alkanes of at least 4 members (excludes halogenated alkanes) is 7. The molecular weight excluding hydrogens is 334 g/mol. The van der Waals surface area contributed by atoms with Crippen molar-refractivity contribution >= 4 is 27.5 Å². The van der Waals surface area contributed by atoms with Gasteiger partial charge < -0.3 is 5.73 Å². The van der Waals surface area contributed by atoms with Crippen LogP contribution in [0.1, 0.15) is 76.3 Å². The Morgan fingerprint density at radius 1 is 1.05 bits per heavy atom. The van der Waals surface area contributed by atoms with Crippen LogP contribution in [-0.2, 0) is 0 Å². The Kier molecular flexibility index (Phi) is 9.58. The summed E-state index contributed by atoms with van der Waals surface area (Å²) in [6.07, 6.45) is 11.7. The second kappa shape index (κ2) is 10.6. The van der Waals surface area contributed by atoms with Gasteiger partial charge in [0.2, 0.25) is 0 Å². The first-order valence-electron chi connectivity index (χ1n) is 7.85. The second-order valence-corrected chi connectivity index (χ2v) is 6.86. The van der Waals surface area contributed by atoms with Crippen LogP contribution in [0.4, 0.5) is 0 Å². The van der Waals surface area contributed by atoms with Crippen molar-refractivity contribution < 1.29 is 0 Å².